The molecule has 22 heavy (non-hydrogen) atoms. The quantitative estimate of drug-likeness (QED) is 0.522. The number of hydrazone groups is 1. The SMILES string of the molecule is COC(=O)c1ccc(/C=N\NC(=O)Cc2ccccc2)cc1. The molecule has 2 aromatic carbocycles. The predicted molar refractivity (Wildman–Crippen MR) is 83.7 cm³/mol. The van der Waals surface area contributed by atoms with Crippen molar-refractivity contribution < 1.29 is 14.3 Å². The van der Waals surface area contributed by atoms with Crippen LogP contribution in [0.2, 0.25) is 0 Å². The van der Waals surface area contributed by atoms with Crippen LogP contribution in [-0.4, -0.2) is 25.2 Å². The van der Waals surface area contributed by atoms with Gasteiger partial charge < -0.3 is 4.74 Å². The standard InChI is InChI=1S/C17H16N2O3/c1-22-17(21)15-9-7-14(8-10-15)12-18-19-16(20)11-13-5-3-2-4-6-13/h2-10,12H,11H2,1H3,(H,19,20)/b18-12-. The summed E-state index contributed by atoms with van der Waals surface area (Å²) in [6, 6.07) is 16.2. The molecule has 112 valence electrons. The molecule has 0 fully saturated rings. The second-order valence-corrected chi connectivity index (χ2v) is 4.57. The molecule has 0 aliphatic heterocycles. The van der Waals surface area contributed by atoms with Gasteiger partial charge in [0.2, 0.25) is 5.91 Å². The Hall–Kier alpha value is -2.95. The molecule has 0 spiro atoms. The van der Waals surface area contributed by atoms with Crippen molar-refractivity contribution in [3.8, 4) is 0 Å². The fourth-order valence-corrected chi connectivity index (χ4v) is 1.82. The van der Waals surface area contributed by atoms with Crippen LogP contribution in [0.25, 0.3) is 0 Å². The zero-order valence-corrected chi connectivity index (χ0v) is 12.2. The highest BCUT2D eigenvalue weighted by Gasteiger charge is 2.03. The Kier molecular flexibility index (Phi) is 5.43. The molecule has 0 heterocycles. The molecule has 0 bridgehead atoms. The summed E-state index contributed by atoms with van der Waals surface area (Å²) in [5.41, 5.74) is 4.63. The lowest BCUT2D eigenvalue weighted by molar-refractivity contribution is -0.120. The van der Waals surface area contributed by atoms with Gasteiger partial charge in [0.15, 0.2) is 0 Å². The van der Waals surface area contributed by atoms with Crippen LogP contribution in [0, 0.1) is 0 Å². The third kappa shape index (κ3) is 4.56. The number of carbonyl (C=O) groups is 2. The minimum absolute atomic E-state index is 0.186. The van der Waals surface area contributed by atoms with E-state index in [2.05, 4.69) is 15.3 Å². The molecular weight excluding hydrogens is 280 g/mol. The fourth-order valence-electron chi connectivity index (χ4n) is 1.82. The van der Waals surface area contributed by atoms with Crippen LogP contribution < -0.4 is 5.43 Å². The highest BCUT2D eigenvalue weighted by Crippen LogP contribution is 2.04. The number of ether oxygens (including phenoxy) is 1. The Labute approximate surface area is 128 Å². The van der Waals surface area contributed by atoms with E-state index in [4.69, 9.17) is 0 Å². The molecule has 0 aliphatic rings. The average molecular weight is 296 g/mol. The predicted octanol–water partition coefficient (Wildman–Crippen LogP) is 2.17. The first kappa shape index (κ1) is 15.4. The first-order valence-corrected chi connectivity index (χ1v) is 6.73. The van der Waals surface area contributed by atoms with Crippen molar-refractivity contribution >= 4 is 18.1 Å². The smallest absolute Gasteiger partial charge is 0.337 e. The Balaban J connectivity index is 1.87. The van der Waals surface area contributed by atoms with E-state index in [1.165, 1.54) is 13.3 Å². The molecule has 0 aromatic heterocycles. The molecule has 0 atom stereocenters. The summed E-state index contributed by atoms with van der Waals surface area (Å²) in [4.78, 5) is 23.0. The van der Waals surface area contributed by atoms with Gasteiger partial charge in [-0.1, -0.05) is 42.5 Å². The third-order valence-electron chi connectivity index (χ3n) is 2.94. The number of hydrogen-bond donors (Lipinski definition) is 1. The number of nitrogens with one attached hydrogen (secondary N) is 1. The van der Waals surface area contributed by atoms with Crippen LogP contribution >= 0.6 is 0 Å². The van der Waals surface area contributed by atoms with E-state index in [0.29, 0.717) is 5.56 Å². The summed E-state index contributed by atoms with van der Waals surface area (Å²) in [7, 11) is 1.33. The van der Waals surface area contributed by atoms with Gasteiger partial charge in [-0.2, -0.15) is 5.10 Å². The van der Waals surface area contributed by atoms with E-state index < -0.39 is 0 Å². The van der Waals surface area contributed by atoms with Gasteiger partial charge in [-0.3, -0.25) is 4.79 Å². The molecule has 0 aliphatic carbocycles. The third-order valence-corrected chi connectivity index (χ3v) is 2.94. The number of amides is 1. The van der Waals surface area contributed by atoms with Gasteiger partial charge in [-0.15, -0.1) is 0 Å². The monoisotopic (exact) mass is 296 g/mol. The number of nitrogens with zero attached hydrogens (tertiary/aromatic N) is 1. The lowest BCUT2D eigenvalue weighted by Gasteiger charge is -2.01. The number of esters is 1. The van der Waals surface area contributed by atoms with Crippen LogP contribution in [0.3, 0.4) is 0 Å². The van der Waals surface area contributed by atoms with Gasteiger partial charge in [0, 0.05) is 0 Å². The molecule has 0 radical (unpaired) electrons. The van der Waals surface area contributed by atoms with Crippen molar-refractivity contribution in [1.82, 2.24) is 5.43 Å². The van der Waals surface area contributed by atoms with Crippen molar-refractivity contribution in [2.24, 2.45) is 5.10 Å². The van der Waals surface area contributed by atoms with E-state index in [9.17, 15) is 9.59 Å². The van der Waals surface area contributed by atoms with E-state index >= 15 is 0 Å². The molecule has 5 heteroatoms. The lowest BCUT2D eigenvalue weighted by Crippen LogP contribution is -2.19. The van der Waals surface area contributed by atoms with Crippen molar-refractivity contribution in [2.75, 3.05) is 7.11 Å². The summed E-state index contributed by atoms with van der Waals surface area (Å²) in [5.74, 6) is -0.576. The number of benzene rings is 2. The minimum Gasteiger partial charge on any atom is -0.465 e. The summed E-state index contributed by atoms with van der Waals surface area (Å²) < 4.78 is 4.62. The minimum atomic E-state index is -0.389. The second kappa shape index (κ2) is 7.73. The van der Waals surface area contributed by atoms with Gasteiger partial charge in [-0.05, 0) is 23.3 Å². The Morgan fingerprint density at radius 1 is 1.09 bits per heavy atom. The average Bonchev–Trinajstić information content (AvgIpc) is 2.55. The largest absolute Gasteiger partial charge is 0.465 e. The maximum Gasteiger partial charge on any atom is 0.337 e. The molecule has 2 aromatic rings. The van der Waals surface area contributed by atoms with E-state index in [-0.39, 0.29) is 18.3 Å². The van der Waals surface area contributed by atoms with Crippen LogP contribution in [0.5, 0.6) is 0 Å². The Morgan fingerprint density at radius 3 is 2.41 bits per heavy atom. The normalized spacial score (nSPS) is 10.4. The Bertz CT molecular complexity index is 664. The zero-order valence-electron chi connectivity index (χ0n) is 12.2. The number of carbonyl (C=O) groups excluding carboxylic acids is 2. The molecular formula is C17H16N2O3. The maximum absolute atomic E-state index is 11.7. The summed E-state index contributed by atoms with van der Waals surface area (Å²) in [5, 5.41) is 3.89. The second-order valence-electron chi connectivity index (χ2n) is 4.57. The van der Waals surface area contributed by atoms with Gasteiger partial charge in [-0.25, -0.2) is 10.2 Å². The van der Waals surface area contributed by atoms with E-state index in [0.717, 1.165) is 11.1 Å². The first-order chi connectivity index (χ1) is 10.7. The van der Waals surface area contributed by atoms with Gasteiger partial charge in [0.1, 0.15) is 0 Å². The van der Waals surface area contributed by atoms with Crippen LogP contribution in [0.1, 0.15) is 21.5 Å². The maximum atomic E-state index is 11.7. The molecule has 0 unspecified atom stereocenters. The van der Waals surface area contributed by atoms with Crippen molar-refractivity contribution in [2.45, 2.75) is 6.42 Å². The van der Waals surface area contributed by atoms with Crippen molar-refractivity contribution in [3.63, 3.8) is 0 Å². The van der Waals surface area contributed by atoms with Crippen molar-refractivity contribution in [1.29, 1.82) is 0 Å². The Morgan fingerprint density at radius 2 is 1.77 bits per heavy atom. The molecule has 1 N–H and O–H groups in total. The number of rotatable bonds is 5. The molecule has 0 saturated heterocycles. The van der Waals surface area contributed by atoms with Crippen LogP contribution in [0.15, 0.2) is 59.7 Å². The number of methoxy groups -OCH3 is 1. The van der Waals surface area contributed by atoms with E-state index in [1.807, 2.05) is 30.3 Å². The topological polar surface area (TPSA) is 67.8 Å². The zero-order chi connectivity index (χ0) is 15.8. The highest BCUT2D eigenvalue weighted by atomic mass is 16.5. The summed E-state index contributed by atoms with van der Waals surface area (Å²) >= 11 is 0. The molecule has 0 saturated carbocycles. The molecule has 2 rings (SSSR count). The summed E-state index contributed by atoms with van der Waals surface area (Å²) in [6.07, 6.45) is 1.80. The molecule has 1 amide bonds. The van der Waals surface area contributed by atoms with Gasteiger partial charge >= 0.3 is 5.97 Å². The van der Waals surface area contributed by atoms with E-state index in [1.54, 1.807) is 24.3 Å². The fraction of sp³-hybridized carbons (Fsp3) is 0.118. The van der Waals surface area contributed by atoms with Crippen LogP contribution in [-0.2, 0) is 16.0 Å². The summed E-state index contributed by atoms with van der Waals surface area (Å²) in [6.45, 7) is 0. The van der Waals surface area contributed by atoms with Gasteiger partial charge in [0.05, 0.1) is 25.3 Å². The lowest BCUT2D eigenvalue weighted by atomic mass is 10.1. The van der Waals surface area contributed by atoms with Crippen LogP contribution in [0.4, 0.5) is 0 Å². The van der Waals surface area contributed by atoms with Gasteiger partial charge in [0.25, 0.3) is 0 Å². The number of hydrogen-bond acceptors (Lipinski definition) is 4. The molecule has 5 nitrogen and oxygen atoms in total. The first-order valence-electron chi connectivity index (χ1n) is 6.73. The highest BCUT2D eigenvalue weighted by molar-refractivity contribution is 5.90. The van der Waals surface area contributed by atoms with Crippen molar-refractivity contribution in [3.05, 3.63) is 71.3 Å².